The summed E-state index contributed by atoms with van der Waals surface area (Å²) < 4.78 is 13.0. The van der Waals surface area contributed by atoms with Gasteiger partial charge in [0.1, 0.15) is 11.5 Å². The summed E-state index contributed by atoms with van der Waals surface area (Å²) in [6.45, 7) is 1.08. The Morgan fingerprint density at radius 1 is 1.16 bits per heavy atom. The molecule has 7 heteroatoms. The van der Waals surface area contributed by atoms with Crippen molar-refractivity contribution in [1.82, 2.24) is 0 Å². The van der Waals surface area contributed by atoms with Crippen LogP contribution in [-0.2, 0) is 0 Å². The Morgan fingerprint density at radius 3 is 2.40 bits per heavy atom. The van der Waals surface area contributed by atoms with Crippen molar-refractivity contribution in [3.63, 3.8) is 0 Å². The molecule has 0 amide bonds. The van der Waals surface area contributed by atoms with E-state index in [2.05, 4.69) is 0 Å². The van der Waals surface area contributed by atoms with Gasteiger partial charge in [0, 0.05) is 35.7 Å². The number of benzene rings is 2. The Hall–Kier alpha value is -2.47. The van der Waals surface area contributed by atoms with Gasteiger partial charge in [-0.25, -0.2) is 4.39 Å². The second-order valence-corrected chi connectivity index (χ2v) is 6.46. The van der Waals surface area contributed by atoms with E-state index in [1.54, 1.807) is 12.1 Å². The molecule has 0 N–H and O–H groups in total. The predicted molar refractivity (Wildman–Crippen MR) is 93.8 cm³/mol. The van der Waals surface area contributed by atoms with Crippen molar-refractivity contribution >= 4 is 28.8 Å². The minimum atomic E-state index is -0.447. The van der Waals surface area contributed by atoms with E-state index in [1.807, 2.05) is 4.90 Å². The first kappa shape index (κ1) is 17.4. The molecular formula is C18H16ClFN2O3. The first-order chi connectivity index (χ1) is 12.0. The van der Waals surface area contributed by atoms with Crippen LogP contribution in [0.3, 0.4) is 0 Å². The summed E-state index contributed by atoms with van der Waals surface area (Å²) in [5.74, 6) is -0.542. The number of anilines is 1. The number of carbonyl (C=O) groups is 1. The van der Waals surface area contributed by atoms with Crippen LogP contribution in [0.1, 0.15) is 23.2 Å². The first-order valence-corrected chi connectivity index (χ1v) is 8.32. The maximum atomic E-state index is 13.0. The molecule has 0 radical (unpaired) electrons. The second kappa shape index (κ2) is 7.19. The lowest BCUT2D eigenvalue weighted by atomic mass is 9.88. The van der Waals surface area contributed by atoms with Gasteiger partial charge in [-0.3, -0.25) is 14.9 Å². The fraction of sp³-hybridized carbons (Fsp3) is 0.278. The highest BCUT2D eigenvalue weighted by molar-refractivity contribution is 6.30. The van der Waals surface area contributed by atoms with E-state index in [1.165, 1.54) is 30.3 Å². The second-order valence-electron chi connectivity index (χ2n) is 6.02. The number of ketones is 1. The number of hydrogen-bond acceptors (Lipinski definition) is 4. The molecule has 25 heavy (non-hydrogen) atoms. The number of Topliss-reactive ketones (excluding diaryl/α,β-unsaturated/α-hetero) is 1. The van der Waals surface area contributed by atoms with E-state index < -0.39 is 4.92 Å². The van der Waals surface area contributed by atoms with Crippen molar-refractivity contribution in [3.05, 3.63) is 69.0 Å². The Labute approximate surface area is 149 Å². The number of hydrogen-bond donors (Lipinski definition) is 0. The first-order valence-electron chi connectivity index (χ1n) is 7.94. The van der Waals surface area contributed by atoms with Gasteiger partial charge in [-0.1, -0.05) is 11.6 Å². The number of nitro benzene ring substituents is 1. The van der Waals surface area contributed by atoms with Crippen molar-refractivity contribution in [2.45, 2.75) is 12.8 Å². The van der Waals surface area contributed by atoms with Gasteiger partial charge < -0.3 is 4.90 Å². The van der Waals surface area contributed by atoms with Crippen molar-refractivity contribution in [1.29, 1.82) is 0 Å². The lowest BCUT2D eigenvalue weighted by Crippen LogP contribution is -2.36. The molecule has 0 saturated carbocycles. The average Bonchev–Trinajstić information content (AvgIpc) is 2.62. The minimum Gasteiger partial charge on any atom is -0.366 e. The predicted octanol–water partition coefficient (Wildman–Crippen LogP) is 4.49. The van der Waals surface area contributed by atoms with Crippen LogP contribution in [0.15, 0.2) is 42.5 Å². The lowest BCUT2D eigenvalue weighted by Gasteiger charge is -2.32. The molecule has 1 heterocycles. The van der Waals surface area contributed by atoms with Gasteiger partial charge in [-0.05, 0) is 49.2 Å². The third-order valence-corrected chi connectivity index (χ3v) is 4.70. The normalized spacial score (nSPS) is 15.2. The largest absolute Gasteiger partial charge is 0.366 e. The monoisotopic (exact) mass is 362 g/mol. The van der Waals surface area contributed by atoms with Gasteiger partial charge in [0.2, 0.25) is 0 Å². The van der Waals surface area contributed by atoms with E-state index in [9.17, 15) is 19.3 Å². The molecule has 1 aliphatic rings. The number of rotatable bonds is 4. The van der Waals surface area contributed by atoms with Crippen molar-refractivity contribution < 1.29 is 14.1 Å². The highest BCUT2D eigenvalue weighted by atomic mass is 35.5. The molecule has 1 fully saturated rings. The zero-order valence-corrected chi connectivity index (χ0v) is 14.1. The Morgan fingerprint density at radius 2 is 1.80 bits per heavy atom. The third-order valence-electron chi connectivity index (χ3n) is 4.47. The summed E-state index contributed by atoms with van der Waals surface area (Å²) in [7, 11) is 0. The highest BCUT2D eigenvalue weighted by Gasteiger charge is 2.28. The lowest BCUT2D eigenvalue weighted by molar-refractivity contribution is -0.384. The molecule has 0 aliphatic carbocycles. The number of nitrogens with zero attached hydrogens (tertiary/aromatic N) is 2. The molecule has 0 unspecified atom stereocenters. The van der Waals surface area contributed by atoms with Crippen molar-refractivity contribution in [2.75, 3.05) is 18.0 Å². The van der Waals surface area contributed by atoms with Gasteiger partial charge in [-0.2, -0.15) is 0 Å². The van der Waals surface area contributed by atoms with Gasteiger partial charge in [0.15, 0.2) is 5.78 Å². The Bertz CT molecular complexity index is 802. The fourth-order valence-corrected chi connectivity index (χ4v) is 3.31. The molecule has 0 aromatic heterocycles. The summed E-state index contributed by atoms with van der Waals surface area (Å²) in [5.41, 5.74) is 0.982. The van der Waals surface area contributed by atoms with Crippen LogP contribution < -0.4 is 4.90 Å². The fourth-order valence-electron chi connectivity index (χ4n) is 3.14. The zero-order chi connectivity index (χ0) is 18.0. The molecule has 0 spiro atoms. The minimum absolute atomic E-state index is 0.00902. The van der Waals surface area contributed by atoms with Crippen LogP contribution in [-0.4, -0.2) is 23.8 Å². The molecule has 2 aromatic carbocycles. The van der Waals surface area contributed by atoms with E-state index in [0.29, 0.717) is 42.2 Å². The maximum absolute atomic E-state index is 13.0. The van der Waals surface area contributed by atoms with Gasteiger partial charge in [-0.15, -0.1) is 0 Å². The highest BCUT2D eigenvalue weighted by Crippen LogP contribution is 2.34. The van der Waals surface area contributed by atoms with Crippen LogP contribution in [0.25, 0.3) is 0 Å². The molecule has 130 valence electrons. The van der Waals surface area contributed by atoms with E-state index in [0.717, 1.165) is 0 Å². The van der Waals surface area contributed by atoms with Crippen LogP contribution in [0.5, 0.6) is 0 Å². The third kappa shape index (κ3) is 3.79. The summed E-state index contributed by atoms with van der Waals surface area (Å²) in [6, 6.07) is 10.1. The van der Waals surface area contributed by atoms with E-state index in [-0.39, 0.29) is 23.2 Å². The Balaban J connectivity index is 1.71. The summed E-state index contributed by atoms with van der Waals surface area (Å²) >= 11 is 5.85. The van der Waals surface area contributed by atoms with Gasteiger partial charge in [0.05, 0.1) is 4.92 Å². The van der Waals surface area contributed by atoms with Gasteiger partial charge in [0.25, 0.3) is 5.69 Å². The summed E-state index contributed by atoms with van der Waals surface area (Å²) in [4.78, 5) is 25.2. The molecule has 1 aliphatic heterocycles. The topological polar surface area (TPSA) is 63.5 Å². The zero-order valence-electron chi connectivity index (χ0n) is 13.3. The molecule has 0 atom stereocenters. The van der Waals surface area contributed by atoms with E-state index >= 15 is 0 Å². The number of halogens is 2. The van der Waals surface area contributed by atoms with Crippen LogP contribution in [0, 0.1) is 21.8 Å². The van der Waals surface area contributed by atoms with Crippen LogP contribution >= 0.6 is 11.6 Å². The van der Waals surface area contributed by atoms with Crippen LogP contribution in [0.2, 0.25) is 5.02 Å². The maximum Gasteiger partial charge on any atom is 0.294 e. The van der Waals surface area contributed by atoms with Gasteiger partial charge >= 0.3 is 0 Å². The SMILES string of the molecule is O=C(c1ccc(F)cc1)C1CCN(c2ccc(Cl)cc2[N+](=O)[O-])CC1. The average molecular weight is 363 g/mol. The standard InChI is InChI=1S/C18H16ClFN2O3/c19-14-3-6-16(17(11-14)22(24)25)21-9-7-13(8-10-21)18(23)12-1-4-15(20)5-2-12/h1-6,11,13H,7-10H2. The smallest absolute Gasteiger partial charge is 0.294 e. The Kier molecular flexibility index (Phi) is 4.99. The summed E-state index contributed by atoms with van der Waals surface area (Å²) in [5, 5.41) is 11.6. The number of carbonyl (C=O) groups excluding carboxylic acids is 1. The van der Waals surface area contributed by atoms with E-state index in [4.69, 9.17) is 11.6 Å². The summed E-state index contributed by atoms with van der Waals surface area (Å²) in [6.07, 6.45) is 1.19. The molecule has 5 nitrogen and oxygen atoms in total. The number of nitro groups is 1. The molecule has 1 saturated heterocycles. The van der Waals surface area contributed by atoms with Crippen molar-refractivity contribution in [3.8, 4) is 0 Å². The quantitative estimate of drug-likeness (QED) is 0.457. The molecular weight excluding hydrogens is 347 g/mol. The molecule has 3 rings (SSSR count). The molecule has 2 aromatic rings. The number of piperidine rings is 1. The van der Waals surface area contributed by atoms with Crippen LogP contribution in [0.4, 0.5) is 15.8 Å². The molecule has 0 bridgehead atoms. The van der Waals surface area contributed by atoms with Crippen molar-refractivity contribution in [2.24, 2.45) is 5.92 Å².